The van der Waals surface area contributed by atoms with Gasteiger partial charge in [-0.3, -0.25) is 4.79 Å². The Bertz CT molecular complexity index is 712. The van der Waals surface area contributed by atoms with Gasteiger partial charge in [0.1, 0.15) is 0 Å². The van der Waals surface area contributed by atoms with E-state index >= 15 is 0 Å². The Balaban J connectivity index is 1.55. The van der Waals surface area contributed by atoms with E-state index in [4.69, 9.17) is 14.2 Å². The van der Waals surface area contributed by atoms with Gasteiger partial charge >= 0.3 is 0 Å². The zero-order valence-electron chi connectivity index (χ0n) is 19.0. The standard InChI is InChI=1S/C25H37NO4/c1-5-28-21-11-20(12-22(29-6-2)23(21)30-7-3)24(27)26-16(4)25-13-17-8-18(14-25)10-19(9-17)15-25/h11-12,16-19H,5-10,13-15H2,1-4H3,(H,26,27)/t16-,17?,18?,19?,25?/m0/s1. The molecule has 1 aromatic carbocycles. The molecule has 4 aliphatic carbocycles. The SMILES string of the molecule is CCOc1cc(C(=O)N[C@@H](C)C23CC4CC(CC(C4)C2)C3)cc(OCC)c1OCC. The van der Waals surface area contributed by atoms with Gasteiger partial charge < -0.3 is 19.5 Å². The Morgan fingerprint density at radius 3 is 1.83 bits per heavy atom. The number of carbonyl (C=O) groups excluding carboxylic acids is 1. The molecule has 1 aromatic rings. The van der Waals surface area contributed by atoms with E-state index in [1.165, 1.54) is 38.5 Å². The molecule has 1 amide bonds. The molecule has 4 bridgehead atoms. The molecule has 4 aliphatic rings. The summed E-state index contributed by atoms with van der Waals surface area (Å²) in [5.74, 6) is 4.27. The Labute approximate surface area is 180 Å². The van der Waals surface area contributed by atoms with Crippen LogP contribution < -0.4 is 19.5 Å². The fourth-order valence-corrected chi connectivity index (χ4v) is 6.66. The molecule has 0 heterocycles. The first kappa shape index (κ1) is 21.3. The fourth-order valence-electron chi connectivity index (χ4n) is 6.66. The molecule has 5 heteroatoms. The van der Waals surface area contributed by atoms with Crippen LogP contribution in [-0.4, -0.2) is 31.8 Å². The third-order valence-electron chi connectivity index (χ3n) is 7.52. The van der Waals surface area contributed by atoms with Crippen LogP contribution in [0.15, 0.2) is 12.1 Å². The highest BCUT2D eigenvalue weighted by Gasteiger charge is 2.53. The maximum atomic E-state index is 13.3. The van der Waals surface area contributed by atoms with Gasteiger partial charge in [-0.05, 0) is 102 Å². The van der Waals surface area contributed by atoms with Crippen molar-refractivity contribution in [1.82, 2.24) is 5.32 Å². The molecule has 1 N–H and O–H groups in total. The van der Waals surface area contributed by atoms with Gasteiger partial charge in [-0.2, -0.15) is 0 Å². The number of rotatable bonds is 9. The van der Waals surface area contributed by atoms with Crippen LogP contribution in [0.4, 0.5) is 0 Å². The molecule has 5 nitrogen and oxygen atoms in total. The van der Waals surface area contributed by atoms with Crippen LogP contribution in [0, 0.1) is 23.2 Å². The number of ether oxygens (including phenoxy) is 3. The first-order chi connectivity index (χ1) is 14.5. The predicted octanol–water partition coefficient (Wildman–Crippen LogP) is 5.22. The second-order valence-corrected chi connectivity index (χ2v) is 9.58. The Kier molecular flexibility index (Phi) is 6.17. The summed E-state index contributed by atoms with van der Waals surface area (Å²) in [7, 11) is 0. The summed E-state index contributed by atoms with van der Waals surface area (Å²) in [6.45, 7) is 9.51. The topological polar surface area (TPSA) is 56.8 Å². The Morgan fingerprint density at radius 1 is 0.933 bits per heavy atom. The van der Waals surface area contributed by atoms with Crippen molar-refractivity contribution in [2.24, 2.45) is 23.2 Å². The maximum Gasteiger partial charge on any atom is 0.251 e. The average molecular weight is 416 g/mol. The summed E-state index contributed by atoms with van der Waals surface area (Å²) in [5, 5.41) is 3.35. The third-order valence-corrected chi connectivity index (χ3v) is 7.52. The highest BCUT2D eigenvalue weighted by molar-refractivity contribution is 5.95. The van der Waals surface area contributed by atoms with Gasteiger partial charge in [-0.1, -0.05) is 0 Å². The summed E-state index contributed by atoms with van der Waals surface area (Å²) in [4.78, 5) is 13.3. The Morgan fingerprint density at radius 2 is 1.40 bits per heavy atom. The van der Waals surface area contributed by atoms with Gasteiger partial charge in [-0.15, -0.1) is 0 Å². The molecule has 166 valence electrons. The number of amides is 1. The largest absolute Gasteiger partial charge is 0.490 e. The highest BCUT2D eigenvalue weighted by atomic mass is 16.5. The summed E-state index contributed by atoms with van der Waals surface area (Å²) in [5.41, 5.74) is 0.850. The predicted molar refractivity (Wildman–Crippen MR) is 117 cm³/mol. The molecule has 5 rings (SSSR count). The lowest BCUT2D eigenvalue weighted by atomic mass is 9.48. The van der Waals surface area contributed by atoms with Gasteiger partial charge in [0.2, 0.25) is 5.75 Å². The van der Waals surface area contributed by atoms with Gasteiger partial charge in [-0.25, -0.2) is 0 Å². The molecular formula is C25H37NO4. The van der Waals surface area contributed by atoms with Crippen molar-refractivity contribution in [3.63, 3.8) is 0 Å². The molecule has 4 saturated carbocycles. The van der Waals surface area contributed by atoms with Crippen LogP contribution >= 0.6 is 0 Å². The second-order valence-electron chi connectivity index (χ2n) is 9.58. The van der Waals surface area contributed by atoms with Crippen LogP contribution in [0.2, 0.25) is 0 Å². The normalized spacial score (nSPS) is 30.1. The monoisotopic (exact) mass is 415 g/mol. The van der Waals surface area contributed by atoms with Crippen LogP contribution in [0.3, 0.4) is 0 Å². The van der Waals surface area contributed by atoms with E-state index in [2.05, 4.69) is 12.2 Å². The molecule has 4 fully saturated rings. The second kappa shape index (κ2) is 8.68. The molecule has 1 atom stereocenters. The lowest BCUT2D eigenvalue weighted by Gasteiger charge is -2.59. The molecule has 0 radical (unpaired) electrons. The number of hydrogen-bond donors (Lipinski definition) is 1. The van der Waals surface area contributed by atoms with Crippen molar-refractivity contribution in [2.45, 2.75) is 72.3 Å². The molecule has 0 unspecified atom stereocenters. The van der Waals surface area contributed by atoms with Crippen LogP contribution in [0.25, 0.3) is 0 Å². The van der Waals surface area contributed by atoms with Crippen LogP contribution in [-0.2, 0) is 0 Å². The van der Waals surface area contributed by atoms with Gasteiger partial charge in [0.05, 0.1) is 19.8 Å². The number of nitrogens with one attached hydrogen (secondary N) is 1. The minimum Gasteiger partial charge on any atom is -0.490 e. The van der Waals surface area contributed by atoms with Crippen molar-refractivity contribution in [3.05, 3.63) is 17.7 Å². The third kappa shape index (κ3) is 4.00. The van der Waals surface area contributed by atoms with Gasteiger partial charge in [0.15, 0.2) is 11.5 Å². The number of carbonyl (C=O) groups is 1. The van der Waals surface area contributed by atoms with E-state index in [-0.39, 0.29) is 17.4 Å². The van der Waals surface area contributed by atoms with Gasteiger partial charge in [0.25, 0.3) is 5.91 Å². The van der Waals surface area contributed by atoms with E-state index < -0.39 is 0 Å². The molecule has 0 aliphatic heterocycles. The van der Waals surface area contributed by atoms with Crippen molar-refractivity contribution in [2.75, 3.05) is 19.8 Å². The molecule has 0 aromatic heterocycles. The quantitative estimate of drug-likeness (QED) is 0.601. The van der Waals surface area contributed by atoms with E-state index in [1.54, 1.807) is 12.1 Å². The fraction of sp³-hybridized carbons (Fsp3) is 0.720. The maximum absolute atomic E-state index is 13.3. The lowest BCUT2D eigenvalue weighted by Crippen LogP contribution is -2.55. The van der Waals surface area contributed by atoms with Crippen molar-refractivity contribution >= 4 is 5.91 Å². The van der Waals surface area contributed by atoms with Crippen molar-refractivity contribution in [1.29, 1.82) is 0 Å². The van der Waals surface area contributed by atoms with E-state index in [9.17, 15) is 4.79 Å². The van der Waals surface area contributed by atoms with E-state index in [0.717, 1.165) is 17.8 Å². The first-order valence-electron chi connectivity index (χ1n) is 11.8. The highest BCUT2D eigenvalue weighted by Crippen LogP contribution is 2.61. The van der Waals surface area contributed by atoms with Crippen molar-refractivity contribution < 1.29 is 19.0 Å². The lowest BCUT2D eigenvalue weighted by molar-refractivity contribution is -0.0688. The summed E-state index contributed by atoms with van der Waals surface area (Å²) < 4.78 is 17.3. The number of hydrogen-bond acceptors (Lipinski definition) is 4. The number of benzene rings is 1. The van der Waals surface area contributed by atoms with Crippen LogP contribution in [0.5, 0.6) is 17.2 Å². The minimum absolute atomic E-state index is 0.0526. The average Bonchev–Trinajstić information content (AvgIpc) is 2.69. The van der Waals surface area contributed by atoms with Crippen LogP contribution in [0.1, 0.15) is 76.6 Å². The molecule has 0 saturated heterocycles. The molecular weight excluding hydrogens is 378 g/mol. The summed E-state index contributed by atoms with van der Waals surface area (Å²) in [6.07, 6.45) is 8.06. The zero-order chi connectivity index (χ0) is 21.3. The minimum atomic E-state index is -0.0526. The molecule has 30 heavy (non-hydrogen) atoms. The first-order valence-corrected chi connectivity index (χ1v) is 11.8. The van der Waals surface area contributed by atoms with Crippen molar-refractivity contribution in [3.8, 4) is 17.2 Å². The van der Waals surface area contributed by atoms with Gasteiger partial charge in [0, 0.05) is 11.6 Å². The Hall–Kier alpha value is -1.91. The summed E-state index contributed by atoms with van der Waals surface area (Å²) >= 11 is 0. The van der Waals surface area contributed by atoms with E-state index in [0.29, 0.717) is 42.6 Å². The zero-order valence-corrected chi connectivity index (χ0v) is 19.0. The molecule has 0 spiro atoms. The summed E-state index contributed by atoms with van der Waals surface area (Å²) in [6, 6.07) is 3.76. The van der Waals surface area contributed by atoms with E-state index in [1.807, 2.05) is 20.8 Å². The smallest absolute Gasteiger partial charge is 0.251 e.